The lowest BCUT2D eigenvalue weighted by molar-refractivity contribution is -0.117. The molecule has 0 saturated heterocycles. The summed E-state index contributed by atoms with van der Waals surface area (Å²) in [5, 5.41) is 0.752. The number of hydrogen-bond donors (Lipinski definition) is 0. The van der Waals surface area contributed by atoms with Gasteiger partial charge in [-0.25, -0.2) is 9.97 Å². The van der Waals surface area contributed by atoms with E-state index in [-0.39, 0.29) is 5.78 Å². The molecule has 1 aromatic heterocycles. The molecule has 0 bridgehead atoms. The van der Waals surface area contributed by atoms with Crippen molar-refractivity contribution >= 4 is 17.5 Å². The number of thioether (sulfide) groups is 1. The number of carbonyl (C=O) groups excluding carboxylic acids is 1. The first-order chi connectivity index (χ1) is 7.72. The molecule has 0 aliphatic carbocycles. The fraction of sp³-hybridized carbons (Fsp3) is 0.417. The van der Waals surface area contributed by atoms with Crippen LogP contribution in [0, 0.1) is 11.8 Å². The largest absolute Gasteiger partial charge is 0.300 e. The lowest BCUT2D eigenvalue weighted by atomic mass is 10.2. The van der Waals surface area contributed by atoms with Crippen LogP contribution >= 0.6 is 11.8 Å². The Bertz CT molecular complexity index is 403. The van der Waals surface area contributed by atoms with E-state index in [1.54, 1.807) is 19.3 Å². The van der Waals surface area contributed by atoms with E-state index < -0.39 is 0 Å². The molecule has 0 aliphatic heterocycles. The Hall–Kier alpha value is -1.34. The second-order valence-electron chi connectivity index (χ2n) is 3.32. The van der Waals surface area contributed by atoms with Crippen LogP contribution in [0.2, 0.25) is 0 Å². The minimum atomic E-state index is 0.217. The highest BCUT2D eigenvalue weighted by Gasteiger charge is 1.93. The number of ketones is 1. The van der Waals surface area contributed by atoms with Crippen LogP contribution in [0.4, 0.5) is 0 Å². The summed E-state index contributed by atoms with van der Waals surface area (Å²) in [6.07, 6.45) is 7.54. The molecular weight excluding hydrogens is 220 g/mol. The van der Waals surface area contributed by atoms with Crippen molar-refractivity contribution in [1.29, 1.82) is 0 Å². The molecule has 3 nitrogen and oxygen atoms in total. The summed E-state index contributed by atoms with van der Waals surface area (Å²) in [5.41, 5.74) is 0.820. The number of unbranched alkanes of at least 4 members (excludes halogenated alkanes) is 1. The SMILES string of the molecule is CSc1ncc(C#CCCCC(C)=O)cn1. The molecule has 0 N–H and O–H groups in total. The van der Waals surface area contributed by atoms with Crippen molar-refractivity contribution < 1.29 is 4.79 Å². The molecule has 1 heterocycles. The Balaban J connectivity index is 2.41. The molecule has 0 atom stereocenters. The minimum Gasteiger partial charge on any atom is -0.300 e. The molecule has 0 aromatic carbocycles. The third-order valence-electron chi connectivity index (χ3n) is 1.87. The van der Waals surface area contributed by atoms with Gasteiger partial charge in [-0.3, -0.25) is 0 Å². The standard InChI is InChI=1S/C12H14N2OS/c1-10(15)6-4-3-5-7-11-8-13-12(16-2)14-9-11/h8-9H,3-4,6H2,1-2H3. The molecule has 0 saturated carbocycles. The lowest BCUT2D eigenvalue weighted by Crippen LogP contribution is -1.88. The van der Waals surface area contributed by atoms with Gasteiger partial charge in [0.15, 0.2) is 5.16 Å². The number of hydrogen-bond acceptors (Lipinski definition) is 4. The quantitative estimate of drug-likeness (QED) is 0.347. The summed E-state index contributed by atoms with van der Waals surface area (Å²) in [5.74, 6) is 6.20. The summed E-state index contributed by atoms with van der Waals surface area (Å²) < 4.78 is 0. The molecule has 0 unspecified atom stereocenters. The highest BCUT2D eigenvalue weighted by Crippen LogP contribution is 2.06. The molecule has 84 valence electrons. The van der Waals surface area contributed by atoms with Gasteiger partial charge in [-0.05, 0) is 19.6 Å². The summed E-state index contributed by atoms with van der Waals surface area (Å²) in [7, 11) is 0. The zero-order valence-electron chi connectivity index (χ0n) is 9.49. The molecule has 1 rings (SSSR count). The molecule has 0 fully saturated rings. The van der Waals surface area contributed by atoms with Gasteiger partial charge >= 0.3 is 0 Å². The van der Waals surface area contributed by atoms with Crippen LogP contribution in [0.1, 0.15) is 31.7 Å². The van der Waals surface area contributed by atoms with Crippen molar-refractivity contribution in [2.45, 2.75) is 31.3 Å². The van der Waals surface area contributed by atoms with Crippen LogP contribution in [-0.4, -0.2) is 22.0 Å². The number of nitrogens with zero attached hydrogens (tertiary/aromatic N) is 2. The number of carbonyl (C=O) groups is 1. The van der Waals surface area contributed by atoms with E-state index in [0.717, 1.165) is 23.6 Å². The highest BCUT2D eigenvalue weighted by atomic mass is 32.2. The van der Waals surface area contributed by atoms with Crippen molar-refractivity contribution in [1.82, 2.24) is 9.97 Å². The van der Waals surface area contributed by atoms with E-state index in [1.165, 1.54) is 11.8 Å². The van der Waals surface area contributed by atoms with Crippen molar-refractivity contribution in [2.24, 2.45) is 0 Å². The van der Waals surface area contributed by atoms with E-state index in [9.17, 15) is 4.79 Å². The predicted molar refractivity (Wildman–Crippen MR) is 65.2 cm³/mol. The average Bonchev–Trinajstić information content (AvgIpc) is 2.29. The highest BCUT2D eigenvalue weighted by molar-refractivity contribution is 7.98. The molecule has 0 radical (unpaired) electrons. The lowest BCUT2D eigenvalue weighted by Gasteiger charge is -1.93. The van der Waals surface area contributed by atoms with Crippen molar-refractivity contribution in [3.63, 3.8) is 0 Å². The molecular formula is C12H14N2OS. The zero-order chi connectivity index (χ0) is 11.8. The molecule has 0 amide bonds. The molecule has 0 aliphatic rings. The summed E-state index contributed by atoms with van der Waals surface area (Å²) in [6.45, 7) is 1.60. The van der Waals surface area contributed by atoms with Crippen molar-refractivity contribution in [2.75, 3.05) is 6.26 Å². The first kappa shape index (κ1) is 12.7. The maximum Gasteiger partial charge on any atom is 0.187 e. The van der Waals surface area contributed by atoms with Gasteiger partial charge in [0.05, 0.1) is 5.56 Å². The van der Waals surface area contributed by atoms with Crippen molar-refractivity contribution in [3.8, 4) is 11.8 Å². The number of rotatable bonds is 4. The Morgan fingerprint density at radius 2 is 2.12 bits per heavy atom. The van der Waals surface area contributed by atoms with E-state index in [4.69, 9.17) is 0 Å². The maximum absolute atomic E-state index is 10.7. The summed E-state index contributed by atoms with van der Waals surface area (Å²) in [6, 6.07) is 0. The van der Waals surface area contributed by atoms with E-state index in [2.05, 4.69) is 21.8 Å². The summed E-state index contributed by atoms with van der Waals surface area (Å²) in [4.78, 5) is 18.9. The van der Waals surface area contributed by atoms with Crippen LogP contribution < -0.4 is 0 Å². The first-order valence-corrected chi connectivity index (χ1v) is 6.29. The maximum atomic E-state index is 10.7. The van der Waals surface area contributed by atoms with Gasteiger partial charge in [-0.1, -0.05) is 23.6 Å². The van der Waals surface area contributed by atoms with Gasteiger partial charge < -0.3 is 4.79 Å². The fourth-order valence-corrected chi connectivity index (χ4v) is 1.39. The third-order valence-corrected chi connectivity index (χ3v) is 2.45. The minimum absolute atomic E-state index is 0.217. The third kappa shape index (κ3) is 4.94. The number of aromatic nitrogens is 2. The molecule has 4 heteroatoms. The van der Waals surface area contributed by atoms with Gasteiger partial charge in [-0.2, -0.15) is 0 Å². The van der Waals surface area contributed by atoms with Crippen LogP contribution in [0.3, 0.4) is 0 Å². The van der Waals surface area contributed by atoms with Gasteiger partial charge in [0.1, 0.15) is 5.78 Å². The van der Waals surface area contributed by atoms with E-state index in [1.807, 2.05) is 6.26 Å². The first-order valence-electron chi connectivity index (χ1n) is 5.06. The monoisotopic (exact) mass is 234 g/mol. The zero-order valence-corrected chi connectivity index (χ0v) is 10.3. The van der Waals surface area contributed by atoms with Crippen LogP contribution in [0.25, 0.3) is 0 Å². The fourth-order valence-electron chi connectivity index (χ4n) is 1.08. The Kier molecular flexibility index (Phi) is 5.58. The van der Waals surface area contributed by atoms with Gasteiger partial charge in [0.25, 0.3) is 0 Å². The Morgan fingerprint density at radius 3 is 2.69 bits per heavy atom. The van der Waals surface area contributed by atoms with E-state index in [0.29, 0.717) is 6.42 Å². The molecule has 0 spiro atoms. The summed E-state index contributed by atoms with van der Waals surface area (Å²) >= 11 is 1.50. The van der Waals surface area contributed by atoms with Crippen LogP contribution in [-0.2, 0) is 4.79 Å². The van der Waals surface area contributed by atoms with Gasteiger partial charge in [-0.15, -0.1) is 0 Å². The van der Waals surface area contributed by atoms with Gasteiger partial charge in [0.2, 0.25) is 0 Å². The average molecular weight is 234 g/mol. The normalized spacial score (nSPS) is 9.38. The smallest absolute Gasteiger partial charge is 0.187 e. The second kappa shape index (κ2) is 7.02. The van der Waals surface area contributed by atoms with Crippen LogP contribution in [0.5, 0.6) is 0 Å². The second-order valence-corrected chi connectivity index (χ2v) is 4.09. The van der Waals surface area contributed by atoms with Gasteiger partial charge in [0, 0.05) is 25.2 Å². The Labute approximate surface area is 100 Å². The van der Waals surface area contributed by atoms with Crippen LogP contribution in [0.15, 0.2) is 17.6 Å². The Morgan fingerprint density at radius 1 is 1.44 bits per heavy atom. The topological polar surface area (TPSA) is 42.9 Å². The molecule has 16 heavy (non-hydrogen) atoms. The predicted octanol–water partition coefficient (Wildman–Crippen LogP) is 2.31. The van der Waals surface area contributed by atoms with E-state index >= 15 is 0 Å². The number of Topliss-reactive ketones (excluding diaryl/α,β-unsaturated/α-hetero) is 1. The van der Waals surface area contributed by atoms with Crippen molar-refractivity contribution in [3.05, 3.63) is 18.0 Å². The molecule has 1 aromatic rings.